The Morgan fingerprint density at radius 2 is 1.77 bits per heavy atom. The van der Waals surface area contributed by atoms with Crippen LogP contribution >= 0.6 is 0 Å². The average Bonchev–Trinajstić information content (AvgIpc) is 2.41. The maximum atomic E-state index is 12.6. The van der Waals surface area contributed by atoms with Gasteiger partial charge in [0.1, 0.15) is 5.69 Å². The average molecular weight is 308 g/mol. The van der Waals surface area contributed by atoms with E-state index >= 15 is 0 Å². The molecule has 0 aliphatic carbocycles. The van der Waals surface area contributed by atoms with Gasteiger partial charge in [-0.2, -0.15) is 13.2 Å². The summed E-state index contributed by atoms with van der Waals surface area (Å²) in [6, 6.07) is 7.54. The maximum absolute atomic E-state index is 12.6. The second-order valence-corrected chi connectivity index (χ2v) is 5.10. The third kappa shape index (κ3) is 3.44. The highest BCUT2D eigenvalue weighted by Gasteiger charge is 2.33. The lowest BCUT2D eigenvalue weighted by Gasteiger charge is -2.12. The van der Waals surface area contributed by atoms with Gasteiger partial charge in [0.25, 0.3) is 5.91 Å². The Bertz CT molecular complexity index is 724. The van der Waals surface area contributed by atoms with Crippen molar-refractivity contribution >= 4 is 11.6 Å². The van der Waals surface area contributed by atoms with Gasteiger partial charge >= 0.3 is 6.18 Å². The summed E-state index contributed by atoms with van der Waals surface area (Å²) in [5.41, 5.74) is 1.63. The molecule has 0 saturated heterocycles. The summed E-state index contributed by atoms with van der Waals surface area (Å²) in [5, 5.41) is 2.71. The van der Waals surface area contributed by atoms with E-state index in [0.29, 0.717) is 5.69 Å². The number of nitrogens with zero attached hydrogens (tertiary/aromatic N) is 1. The molecule has 0 fully saturated rings. The topological polar surface area (TPSA) is 42.0 Å². The third-order valence-electron chi connectivity index (χ3n) is 3.26. The number of benzene rings is 1. The number of hydrogen-bond acceptors (Lipinski definition) is 2. The van der Waals surface area contributed by atoms with Gasteiger partial charge in [0, 0.05) is 5.69 Å². The number of alkyl halides is 3. The minimum atomic E-state index is -4.52. The molecule has 0 atom stereocenters. The molecule has 1 heterocycles. The molecule has 0 aliphatic heterocycles. The van der Waals surface area contributed by atoms with E-state index in [0.717, 1.165) is 23.3 Å². The van der Waals surface area contributed by atoms with Gasteiger partial charge in [-0.1, -0.05) is 12.1 Å². The molecular formula is C16H15F3N2O. The fourth-order valence-corrected chi connectivity index (χ4v) is 2.02. The number of carbonyl (C=O) groups excluding carboxylic acids is 1. The van der Waals surface area contributed by atoms with Gasteiger partial charge in [0.2, 0.25) is 0 Å². The first-order valence-electron chi connectivity index (χ1n) is 6.62. The van der Waals surface area contributed by atoms with Crippen LogP contribution in [0, 0.1) is 20.8 Å². The number of halogens is 3. The second-order valence-electron chi connectivity index (χ2n) is 5.10. The zero-order valence-electron chi connectivity index (χ0n) is 12.4. The molecule has 0 unspecified atom stereocenters. The minimum Gasteiger partial charge on any atom is -0.322 e. The molecule has 1 aromatic heterocycles. The van der Waals surface area contributed by atoms with Crippen molar-refractivity contribution < 1.29 is 18.0 Å². The molecule has 0 saturated carbocycles. The zero-order valence-corrected chi connectivity index (χ0v) is 12.4. The van der Waals surface area contributed by atoms with Crippen LogP contribution in [-0.4, -0.2) is 10.9 Å². The number of aryl methyl sites for hydroxylation is 3. The van der Waals surface area contributed by atoms with Crippen molar-refractivity contribution in [3.8, 4) is 0 Å². The van der Waals surface area contributed by atoms with E-state index in [4.69, 9.17) is 0 Å². The van der Waals surface area contributed by atoms with Crippen LogP contribution in [0.3, 0.4) is 0 Å². The predicted octanol–water partition coefficient (Wildman–Crippen LogP) is 4.28. The summed E-state index contributed by atoms with van der Waals surface area (Å²) >= 11 is 0. The fraction of sp³-hybridized carbons (Fsp3) is 0.250. The van der Waals surface area contributed by atoms with Crippen molar-refractivity contribution in [2.24, 2.45) is 0 Å². The Morgan fingerprint density at radius 1 is 1.09 bits per heavy atom. The van der Waals surface area contributed by atoms with Crippen LogP contribution in [0.2, 0.25) is 0 Å². The first-order valence-corrected chi connectivity index (χ1v) is 6.62. The summed E-state index contributed by atoms with van der Waals surface area (Å²) in [7, 11) is 0. The number of rotatable bonds is 2. The molecule has 1 amide bonds. The van der Waals surface area contributed by atoms with Gasteiger partial charge in [-0.05, 0) is 50.1 Å². The van der Waals surface area contributed by atoms with Crippen LogP contribution in [0.25, 0.3) is 0 Å². The summed E-state index contributed by atoms with van der Waals surface area (Å²) in [5.74, 6) is -0.479. The normalized spacial score (nSPS) is 11.4. The van der Waals surface area contributed by atoms with Gasteiger partial charge in [0.15, 0.2) is 0 Å². The molecule has 0 bridgehead atoms. The molecule has 0 aliphatic rings. The number of hydrogen-bond donors (Lipinski definition) is 1. The summed E-state index contributed by atoms with van der Waals surface area (Å²) in [6.07, 6.45) is -4.52. The van der Waals surface area contributed by atoms with E-state index in [2.05, 4.69) is 10.3 Å². The monoisotopic (exact) mass is 308 g/mol. The second kappa shape index (κ2) is 5.79. The van der Waals surface area contributed by atoms with Crippen LogP contribution in [0.5, 0.6) is 0 Å². The van der Waals surface area contributed by atoms with E-state index < -0.39 is 17.8 Å². The maximum Gasteiger partial charge on any atom is 0.433 e. The highest BCUT2D eigenvalue weighted by atomic mass is 19.4. The lowest BCUT2D eigenvalue weighted by Crippen LogP contribution is -2.17. The van der Waals surface area contributed by atoms with E-state index in [1.54, 1.807) is 6.07 Å². The number of aromatic nitrogens is 1. The molecule has 116 valence electrons. The van der Waals surface area contributed by atoms with Gasteiger partial charge < -0.3 is 5.32 Å². The highest BCUT2D eigenvalue weighted by Crippen LogP contribution is 2.28. The van der Waals surface area contributed by atoms with Crippen molar-refractivity contribution in [1.82, 2.24) is 4.98 Å². The van der Waals surface area contributed by atoms with Crippen LogP contribution in [-0.2, 0) is 6.18 Å². The first-order chi connectivity index (χ1) is 10.2. The van der Waals surface area contributed by atoms with Crippen LogP contribution in [0.4, 0.5) is 18.9 Å². The molecule has 1 aromatic carbocycles. The van der Waals surface area contributed by atoms with E-state index in [1.165, 1.54) is 6.92 Å². The van der Waals surface area contributed by atoms with Gasteiger partial charge in [-0.15, -0.1) is 0 Å². The third-order valence-corrected chi connectivity index (χ3v) is 3.26. The Hall–Kier alpha value is -2.37. The number of anilines is 1. The Labute approximate surface area is 126 Å². The number of pyridine rings is 1. The van der Waals surface area contributed by atoms with Crippen molar-refractivity contribution in [2.45, 2.75) is 26.9 Å². The van der Waals surface area contributed by atoms with Crippen LogP contribution in [0.1, 0.15) is 32.9 Å². The minimum absolute atomic E-state index is 0.0395. The number of nitrogens with one attached hydrogen (secondary N) is 1. The number of amides is 1. The van der Waals surface area contributed by atoms with Crippen molar-refractivity contribution in [1.29, 1.82) is 0 Å². The molecular weight excluding hydrogens is 293 g/mol. The lowest BCUT2D eigenvalue weighted by molar-refractivity contribution is -0.141. The van der Waals surface area contributed by atoms with E-state index in [9.17, 15) is 18.0 Å². The van der Waals surface area contributed by atoms with Crippen LogP contribution in [0.15, 0.2) is 30.3 Å². The molecule has 0 radical (unpaired) electrons. The van der Waals surface area contributed by atoms with E-state index in [-0.39, 0.29) is 11.3 Å². The Balaban J connectivity index is 2.29. The largest absolute Gasteiger partial charge is 0.433 e. The number of carbonyl (C=O) groups is 1. The molecule has 2 aromatic rings. The SMILES string of the molecule is Cc1ccc(C)c(NC(=O)c2ccc(C(F)(F)F)nc2C)c1. The van der Waals surface area contributed by atoms with Crippen molar-refractivity contribution in [2.75, 3.05) is 5.32 Å². The van der Waals surface area contributed by atoms with Gasteiger partial charge in [0.05, 0.1) is 11.3 Å². The Morgan fingerprint density at radius 3 is 2.36 bits per heavy atom. The predicted molar refractivity (Wildman–Crippen MR) is 77.8 cm³/mol. The Kier molecular flexibility index (Phi) is 4.21. The molecule has 6 heteroatoms. The standard InChI is InChI=1S/C16H15F3N2O/c1-9-4-5-10(2)13(8-9)21-15(22)12-6-7-14(16(17,18)19)20-11(12)3/h4-8H,1-3H3,(H,21,22). The smallest absolute Gasteiger partial charge is 0.322 e. The first kappa shape index (κ1) is 16.0. The molecule has 0 spiro atoms. The van der Waals surface area contributed by atoms with Gasteiger partial charge in [-0.25, -0.2) is 4.98 Å². The van der Waals surface area contributed by atoms with Crippen molar-refractivity contribution in [3.05, 3.63) is 58.4 Å². The zero-order chi connectivity index (χ0) is 16.5. The van der Waals surface area contributed by atoms with Gasteiger partial charge in [-0.3, -0.25) is 4.79 Å². The molecule has 2 rings (SSSR count). The summed E-state index contributed by atoms with van der Waals surface area (Å²) in [4.78, 5) is 15.7. The summed E-state index contributed by atoms with van der Waals surface area (Å²) < 4.78 is 37.7. The fourth-order valence-electron chi connectivity index (χ4n) is 2.02. The molecule has 22 heavy (non-hydrogen) atoms. The lowest BCUT2D eigenvalue weighted by atomic mass is 10.1. The van der Waals surface area contributed by atoms with Crippen LogP contribution < -0.4 is 5.32 Å². The molecule has 1 N–H and O–H groups in total. The highest BCUT2D eigenvalue weighted by molar-refractivity contribution is 6.05. The molecule has 3 nitrogen and oxygen atoms in total. The van der Waals surface area contributed by atoms with E-state index in [1.807, 2.05) is 26.0 Å². The summed E-state index contributed by atoms with van der Waals surface area (Å²) in [6.45, 7) is 5.11. The van der Waals surface area contributed by atoms with Crippen molar-refractivity contribution in [3.63, 3.8) is 0 Å². The quantitative estimate of drug-likeness (QED) is 0.900.